The van der Waals surface area contributed by atoms with Gasteiger partial charge in [-0.25, -0.2) is 0 Å². The summed E-state index contributed by atoms with van der Waals surface area (Å²) < 4.78 is 5.64. The Morgan fingerprint density at radius 2 is 2.15 bits per heavy atom. The topological polar surface area (TPSA) is 45.5 Å². The first-order valence-corrected chi connectivity index (χ1v) is 10.4. The monoisotopic (exact) mass is 382 g/mol. The number of fused-ring (bicyclic) bond motifs is 2. The van der Waals surface area contributed by atoms with E-state index in [0.717, 1.165) is 36.0 Å². The number of aryl methyl sites for hydroxylation is 2. The largest absolute Gasteiger partial charge is 0.464 e. The molecule has 27 heavy (non-hydrogen) atoms. The Bertz CT molecular complexity index is 972. The summed E-state index contributed by atoms with van der Waals surface area (Å²) in [6.07, 6.45) is 3.19. The van der Waals surface area contributed by atoms with E-state index in [9.17, 15) is 4.79 Å². The Labute approximate surface area is 164 Å². The normalized spacial score (nSPS) is 15.7. The van der Waals surface area contributed by atoms with Crippen molar-refractivity contribution in [3.63, 3.8) is 0 Å². The highest BCUT2D eigenvalue weighted by atomic mass is 32.1. The average molecular weight is 383 g/mol. The molecule has 3 aromatic rings. The molecule has 5 heteroatoms. The molecule has 0 radical (unpaired) electrons. The molecule has 2 aromatic heterocycles. The molecule has 4 rings (SSSR count). The standard InChI is InChI=1S/C22H26N2O2S/c1-14-8-19-18(13-26-20(19)9-15(14)2)10-22(25)23-11-16(3)24-6-4-21-17(12-24)5-7-27-21/h5,7-9,13,16H,4,6,10-12H2,1-3H3,(H,23,25). The third-order valence-electron chi connectivity index (χ3n) is 5.68. The Balaban J connectivity index is 1.34. The molecular formula is C22H26N2O2S. The maximum atomic E-state index is 12.5. The minimum absolute atomic E-state index is 0.0519. The van der Waals surface area contributed by atoms with Crippen LogP contribution >= 0.6 is 11.3 Å². The van der Waals surface area contributed by atoms with Gasteiger partial charge in [0.15, 0.2) is 0 Å². The SMILES string of the molecule is Cc1cc2occ(CC(=O)NCC(C)N3CCc4sccc4C3)c2cc1C. The molecule has 0 fully saturated rings. The fourth-order valence-electron chi connectivity index (χ4n) is 3.75. The van der Waals surface area contributed by atoms with Crippen molar-refractivity contribution >= 4 is 28.2 Å². The summed E-state index contributed by atoms with van der Waals surface area (Å²) in [7, 11) is 0. The van der Waals surface area contributed by atoms with Crippen molar-refractivity contribution in [3.8, 4) is 0 Å². The van der Waals surface area contributed by atoms with Crippen molar-refractivity contribution in [2.45, 2.75) is 46.2 Å². The highest BCUT2D eigenvalue weighted by Gasteiger charge is 2.22. The second-order valence-corrected chi connectivity index (χ2v) is 8.61. The fraction of sp³-hybridized carbons (Fsp3) is 0.409. The van der Waals surface area contributed by atoms with Crippen LogP contribution < -0.4 is 5.32 Å². The third-order valence-corrected chi connectivity index (χ3v) is 6.70. The highest BCUT2D eigenvalue weighted by Crippen LogP contribution is 2.26. The lowest BCUT2D eigenvalue weighted by molar-refractivity contribution is -0.120. The van der Waals surface area contributed by atoms with Crippen LogP contribution in [0.3, 0.4) is 0 Å². The van der Waals surface area contributed by atoms with Gasteiger partial charge < -0.3 is 9.73 Å². The highest BCUT2D eigenvalue weighted by molar-refractivity contribution is 7.10. The molecule has 3 heterocycles. The summed E-state index contributed by atoms with van der Waals surface area (Å²) in [5, 5.41) is 6.33. The zero-order chi connectivity index (χ0) is 19.0. The number of nitrogens with one attached hydrogen (secondary N) is 1. The van der Waals surface area contributed by atoms with Crippen LogP contribution in [0.2, 0.25) is 0 Å². The predicted octanol–water partition coefficient (Wildman–Crippen LogP) is 4.22. The number of carbonyl (C=O) groups excluding carboxylic acids is 1. The Hall–Kier alpha value is -2.11. The van der Waals surface area contributed by atoms with E-state index in [2.05, 4.69) is 48.5 Å². The van der Waals surface area contributed by atoms with Crippen LogP contribution in [0, 0.1) is 13.8 Å². The Morgan fingerprint density at radius 1 is 1.33 bits per heavy atom. The molecule has 142 valence electrons. The van der Waals surface area contributed by atoms with Gasteiger partial charge in [-0.1, -0.05) is 0 Å². The first-order valence-electron chi connectivity index (χ1n) is 9.54. The van der Waals surface area contributed by atoms with Gasteiger partial charge in [0.05, 0.1) is 12.7 Å². The lowest BCUT2D eigenvalue weighted by atomic mass is 10.0. The third kappa shape index (κ3) is 3.80. The van der Waals surface area contributed by atoms with Crippen LogP contribution in [0.25, 0.3) is 11.0 Å². The maximum Gasteiger partial charge on any atom is 0.224 e. The van der Waals surface area contributed by atoms with Gasteiger partial charge in [-0.05, 0) is 67.5 Å². The van der Waals surface area contributed by atoms with Crippen LogP contribution in [-0.2, 0) is 24.2 Å². The molecule has 0 aliphatic carbocycles. The molecule has 0 saturated carbocycles. The molecule has 1 amide bonds. The summed E-state index contributed by atoms with van der Waals surface area (Å²) in [6, 6.07) is 6.72. The van der Waals surface area contributed by atoms with Gasteiger partial charge in [0.1, 0.15) is 5.58 Å². The van der Waals surface area contributed by atoms with Crippen molar-refractivity contribution in [3.05, 3.63) is 57.0 Å². The summed E-state index contributed by atoms with van der Waals surface area (Å²) in [4.78, 5) is 16.4. The van der Waals surface area contributed by atoms with Crippen LogP contribution in [-0.4, -0.2) is 29.9 Å². The summed E-state index contributed by atoms with van der Waals surface area (Å²) in [5.41, 5.74) is 5.68. The number of benzene rings is 1. The van der Waals surface area contributed by atoms with Crippen molar-refractivity contribution in [2.75, 3.05) is 13.1 Å². The average Bonchev–Trinajstić information content (AvgIpc) is 3.27. The molecule has 1 unspecified atom stereocenters. The smallest absolute Gasteiger partial charge is 0.224 e. The maximum absolute atomic E-state index is 12.5. The van der Waals surface area contributed by atoms with Gasteiger partial charge in [0, 0.05) is 41.5 Å². The number of amides is 1. The van der Waals surface area contributed by atoms with Crippen LogP contribution in [0.1, 0.15) is 34.1 Å². The number of hydrogen-bond acceptors (Lipinski definition) is 4. The lowest BCUT2D eigenvalue weighted by Crippen LogP contribution is -2.44. The van der Waals surface area contributed by atoms with Gasteiger partial charge >= 0.3 is 0 Å². The van der Waals surface area contributed by atoms with Crippen molar-refractivity contribution in [1.29, 1.82) is 0 Å². The molecule has 1 atom stereocenters. The van der Waals surface area contributed by atoms with E-state index in [1.54, 1.807) is 6.26 Å². The van der Waals surface area contributed by atoms with E-state index in [0.29, 0.717) is 19.0 Å². The van der Waals surface area contributed by atoms with Gasteiger partial charge in [-0.15, -0.1) is 11.3 Å². The number of furan rings is 1. The van der Waals surface area contributed by atoms with Gasteiger partial charge in [0.2, 0.25) is 5.91 Å². The van der Waals surface area contributed by atoms with Crippen molar-refractivity contribution in [1.82, 2.24) is 10.2 Å². The molecule has 1 aromatic carbocycles. The van der Waals surface area contributed by atoms with E-state index in [4.69, 9.17) is 4.42 Å². The number of thiophene rings is 1. The molecule has 0 spiro atoms. The minimum Gasteiger partial charge on any atom is -0.464 e. The Morgan fingerprint density at radius 3 is 3.00 bits per heavy atom. The predicted molar refractivity (Wildman–Crippen MR) is 110 cm³/mol. The van der Waals surface area contributed by atoms with Crippen molar-refractivity contribution < 1.29 is 9.21 Å². The van der Waals surface area contributed by atoms with Gasteiger partial charge in [0.25, 0.3) is 0 Å². The molecule has 4 nitrogen and oxygen atoms in total. The molecule has 1 aliphatic rings. The number of nitrogens with zero attached hydrogens (tertiary/aromatic N) is 1. The van der Waals surface area contributed by atoms with Gasteiger partial charge in [-0.2, -0.15) is 0 Å². The van der Waals surface area contributed by atoms with Crippen LogP contribution in [0.15, 0.2) is 34.3 Å². The van der Waals surface area contributed by atoms with E-state index in [-0.39, 0.29) is 5.91 Å². The Kier molecular flexibility index (Phi) is 5.06. The van der Waals surface area contributed by atoms with Crippen LogP contribution in [0.4, 0.5) is 0 Å². The number of rotatable bonds is 5. The summed E-state index contributed by atoms with van der Waals surface area (Å²) in [5.74, 6) is 0.0519. The molecule has 1 aliphatic heterocycles. The first-order chi connectivity index (χ1) is 13.0. The quantitative estimate of drug-likeness (QED) is 0.719. The molecule has 0 saturated heterocycles. The zero-order valence-electron chi connectivity index (χ0n) is 16.2. The zero-order valence-corrected chi connectivity index (χ0v) is 17.0. The second kappa shape index (κ2) is 7.49. The first kappa shape index (κ1) is 18.3. The molecular weight excluding hydrogens is 356 g/mol. The van der Waals surface area contributed by atoms with E-state index >= 15 is 0 Å². The summed E-state index contributed by atoms with van der Waals surface area (Å²) in [6.45, 7) is 9.08. The molecule has 0 bridgehead atoms. The lowest BCUT2D eigenvalue weighted by Gasteiger charge is -2.32. The van der Waals surface area contributed by atoms with Crippen molar-refractivity contribution in [2.24, 2.45) is 0 Å². The van der Waals surface area contributed by atoms with Gasteiger partial charge in [-0.3, -0.25) is 9.69 Å². The summed E-state index contributed by atoms with van der Waals surface area (Å²) >= 11 is 1.86. The number of carbonyl (C=O) groups is 1. The fourth-order valence-corrected chi connectivity index (χ4v) is 4.64. The van der Waals surface area contributed by atoms with E-state index in [1.165, 1.54) is 21.6 Å². The number of hydrogen-bond donors (Lipinski definition) is 1. The van der Waals surface area contributed by atoms with E-state index in [1.807, 2.05) is 17.4 Å². The molecule has 1 N–H and O–H groups in total. The van der Waals surface area contributed by atoms with Crippen LogP contribution in [0.5, 0.6) is 0 Å². The minimum atomic E-state index is 0.0519. The second-order valence-electron chi connectivity index (χ2n) is 7.61. The van der Waals surface area contributed by atoms with E-state index < -0.39 is 0 Å².